The Labute approximate surface area is 138 Å². The van der Waals surface area contributed by atoms with E-state index in [9.17, 15) is 9.59 Å². The van der Waals surface area contributed by atoms with Gasteiger partial charge in [0.2, 0.25) is 5.91 Å². The first kappa shape index (κ1) is 15.8. The monoisotopic (exact) mass is 342 g/mol. The molecule has 0 spiro atoms. The first-order chi connectivity index (χ1) is 10.7. The maximum Gasteiger partial charge on any atom is 0.264 e. The number of amides is 2. The minimum atomic E-state index is -0.347. The van der Waals surface area contributed by atoms with Gasteiger partial charge >= 0.3 is 0 Å². The molecule has 0 bridgehead atoms. The molecule has 22 heavy (non-hydrogen) atoms. The number of morpholine rings is 1. The zero-order chi connectivity index (χ0) is 15.5. The van der Waals surface area contributed by atoms with Crippen LogP contribution in [-0.2, 0) is 9.53 Å². The van der Waals surface area contributed by atoms with E-state index in [1.807, 2.05) is 4.90 Å². The lowest BCUT2D eigenvalue weighted by Gasteiger charge is -2.38. The van der Waals surface area contributed by atoms with Crippen LogP contribution in [0.5, 0.6) is 0 Å². The third-order valence-corrected chi connectivity index (χ3v) is 5.37. The summed E-state index contributed by atoms with van der Waals surface area (Å²) in [6.07, 6.45) is 2.66. The van der Waals surface area contributed by atoms with Gasteiger partial charge < -0.3 is 14.5 Å². The van der Waals surface area contributed by atoms with Gasteiger partial charge in [-0.25, -0.2) is 0 Å². The molecule has 0 saturated carbocycles. The molecule has 7 heteroatoms. The molecule has 0 aliphatic carbocycles. The summed E-state index contributed by atoms with van der Waals surface area (Å²) in [5, 5.41) is 0. The number of thiophene rings is 1. The number of halogens is 1. The molecule has 0 unspecified atom stereocenters. The van der Waals surface area contributed by atoms with Crippen molar-refractivity contribution in [2.24, 2.45) is 0 Å². The standard InChI is InChI=1S/C15H19ClN2O3S/c16-13-5-4-12(22-13)15(20)18-6-2-1-3-11(18)14(19)17-7-9-21-10-8-17/h4-5,11H,1-3,6-10H2/t11-/m0/s1. The molecule has 1 aromatic rings. The molecule has 2 aliphatic rings. The summed E-state index contributed by atoms with van der Waals surface area (Å²) in [5.41, 5.74) is 0. The van der Waals surface area contributed by atoms with Crippen LogP contribution in [0.25, 0.3) is 0 Å². The fourth-order valence-electron chi connectivity index (χ4n) is 3.00. The zero-order valence-electron chi connectivity index (χ0n) is 12.3. The third kappa shape index (κ3) is 3.29. The predicted molar refractivity (Wildman–Crippen MR) is 85.4 cm³/mol. The zero-order valence-corrected chi connectivity index (χ0v) is 13.9. The molecule has 2 amide bonds. The van der Waals surface area contributed by atoms with E-state index < -0.39 is 0 Å². The molecule has 0 aromatic carbocycles. The number of carbonyl (C=O) groups excluding carboxylic acids is 2. The largest absolute Gasteiger partial charge is 0.378 e. The normalized spacial score (nSPS) is 22.7. The highest BCUT2D eigenvalue weighted by atomic mass is 35.5. The molecular formula is C15H19ClN2O3S. The van der Waals surface area contributed by atoms with Gasteiger partial charge in [-0.3, -0.25) is 9.59 Å². The first-order valence-corrected chi connectivity index (χ1v) is 8.79. The van der Waals surface area contributed by atoms with Gasteiger partial charge in [-0.05, 0) is 31.4 Å². The molecule has 0 radical (unpaired) electrons. The molecule has 1 aromatic heterocycles. The van der Waals surface area contributed by atoms with E-state index >= 15 is 0 Å². The minimum absolute atomic E-state index is 0.0546. The van der Waals surface area contributed by atoms with E-state index in [4.69, 9.17) is 16.3 Å². The van der Waals surface area contributed by atoms with Crippen molar-refractivity contribution >= 4 is 34.8 Å². The smallest absolute Gasteiger partial charge is 0.264 e. The number of ether oxygens (including phenoxy) is 1. The highest BCUT2D eigenvalue weighted by Crippen LogP contribution is 2.27. The minimum Gasteiger partial charge on any atom is -0.378 e. The molecular weight excluding hydrogens is 324 g/mol. The topological polar surface area (TPSA) is 49.9 Å². The van der Waals surface area contributed by atoms with Gasteiger partial charge in [0.1, 0.15) is 6.04 Å². The van der Waals surface area contributed by atoms with Gasteiger partial charge in [0.15, 0.2) is 0 Å². The van der Waals surface area contributed by atoms with Crippen LogP contribution in [0.15, 0.2) is 12.1 Å². The van der Waals surface area contributed by atoms with E-state index in [1.54, 1.807) is 17.0 Å². The van der Waals surface area contributed by atoms with Crippen LogP contribution in [0.3, 0.4) is 0 Å². The van der Waals surface area contributed by atoms with Crippen LogP contribution in [0.1, 0.15) is 28.9 Å². The summed E-state index contributed by atoms with van der Waals surface area (Å²) in [5.74, 6) is -0.0257. The van der Waals surface area contributed by atoms with Crippen molar-refractivity contribution in [1.82, 2.24) is 9.80 Å². The summed E-state index contributed by atoms with van der Waals surface area (Å²) in [4.78, 5) is 29.6. The van der Waals surface area contributed by atoms with Crippen molar-refractivity contribution in [3.63, 3.8) is 0 Å². The average molecular weight is 343 g/mol. The molecule has 1 atom stereocenters. The molecule has 2 saturated heterocycles. The highest BCUT2D eigenvalue weighted by molar-refractivity contribution is 7.17. The molecule has 120 valence electrons. The van der Waals surface area contributed by atoms with Gasteiger partial charge in [0.05, 0.1) is 22.4 Å². The van der Waals surface area contributed by atoms with Gasteiger partial charge in [-0.2, -0.15) is 0 Å². The van der Waals surface area contributed by atoms with Crippen LogP contribution in [0, 0.1) is 0 Å². The fourth-order valence-corrected chi connectivity index (χ4v) is 4.00. The van der Waals surface area contributed by atoms with Gasteiger partial charge in [-0.1, -0.05) is 11.6 Å². The maximum absolute atomic E-state index is 12.8. The Morgan fingerprint density at radius 3 is 2.64 bits per heavy atom. The lowest BCUT2D eigenvalue weighted by Crippen LogP contribution is -2.55. The summed E-state index contributed by atoms with van der Waals surface area (Å²) in [7, 11) is 0. The fraction of sp³-hybridized carbons (Fsp3) is 0.600. The lowest BCUT2D eigenvalue weighted by atomic mass is 10.00. The molecule has 3 rings (SSSR count). The second kappa shape index (κ2) is 6.98. The third-order valence-electron chi connectivity index (χ3n) is 4.16. The molecule has 5 nitrogen and oxygen atoms in total. The number of nitrogens with zero attached hydrogens (tertiary/aromatic N) is 2. The Balaban J connectivity index is 1.75. The van der Waals surface area contributed by atoms with E-state index in [0.717, 1.165) is 19.3 Å². The number of hydrogen-bond acceptors (Lipinski definition) is 4. The number of hydrogen-bond donors (Lipinski definition) is 0. The Bertz CT molecular complexity index is 557. The summed E-state index contributed by atoms with van der Waals surface area (Å²) >= 11 is 7.19. The number of carbonyl (C=O) groups is 2. The maximum atomic E-state index is 12.8. The van der Waals surface area contributed by atoms with E-state index in [0.29, 0.717) is 42.1 Å². The van der Waals surface area contributed by atoms with E-state index in [-0.39, 0.29) is 17.9 Å². The van der Waals surface area contributed by atoms with Gasteiger partial charge in [0.25, 0.3) is 5.91 Å². The first-order valence-electron chi connectivity index (χ1n) is 7.59. The van der Waals surface area contributed by atoms with Crippen molar-refractivity contribution in [3.05, 3.63) is 21.3 Å². The summed E-state index contributed by atoms with van der Waals surface area (Å²) < 4.78 is 5.89. The van der Waals surface area contributed by atoms with Crippen molar-refractivity contribution in [3.8, 4) is 0 Å². The van der Waals surface area contributed by atoms with E-state index in [2.05, 4.69) is 0 Å². The Morgan fingerprint density at radius 2 is 1.95 bits per heavy atom. The molecule has 2 aliphatic heterocycles. The highest BCUT2D eigenvalue weighted by Gasteiger charge is 2.35. The number of piperidine rings is 1. The number of likely N-dealkylation sites (tertiary alicyclic amines) is 1. The van der Waals surface area contributed by atoms with Gasteiger partial charge in [-0.15, -0.1) is 11.3 Å². The van der Waals surface area contributed by atoms with Crippen molar-refractivity contribution in [1.29, 1.82) is 0 Å². The van der Waals surface area contributed by atoms with Crippen molar-refractivity contribution in [2.45, 2.75) is 25.3 Å². The van der Waals surface area contributed by atoms with Crippen molar-refractivity contribution in [2.75, 3.05) is 32.8 Å². The second-order valence-corrected chi connectivity index (χ2v) is 7.27. The van der Waals surface area contributed by atoms with E-state index in [1.165, 1.54) is 11.3 Å². The molecule has 2 fully saturated rings. The van der Waals surface area contributed by atoms with Crippen LogP contribution >= 0.6 is 22.9 Å². The second-order valence-electron chi connectivity index (χ2n) is 5.55. The molecule has 0 N–H and O–H groups in total. The average Bonchev–Trinajstić information content (AvgIpc) is 3.01. The SMILES string of the molecule is O=C([C@@H]1CCCCN1C(=O)c1ccc(Cl)s1)N1CCOCC1. The van der Waals surface area contributed by atoms with Crippen molar-refractivity contribution < 1.29 is 14.3 Å². The quantitative estimate of drug-likeness (QED) is 0.828. The Hall–Kier alpha value is -1.11. The number of rotatable bonds is 2. The lowest BCUT2D eigenvalue weighted by molar-refractivity contribution is -0.141. The van der Waals surface area contributed by atoms with Crippen LogP contribution in [0.2, 0.25) is 4.34 Å². The molecule has 3 heterocycles. The summed E-state index contributed by atoms with van der Waals surface area (Å²) in [6.45, 7) is 3.01. The van der Waals surface area contributed by atoms with Crippen LogP contribution in [0.4, 0.5) is 0 Å². The van der Waals surface area contributed by atoms with Crippen LogP contribution < -0.4 is 0 Å². The predicted octanol–water partition coefficient (Wildman–Crippen LogP) is 2.25. The van der Waals surface area contributed by atoms with Crippen LogP contribution in [-0.4, -0.2) is 60.5 Å². The Morgan fingerprint density at radius 1 is 1.18 bits per heavy atom. The van der Waals surface area contributed by atoms with Gasteiger partial charge in [0, 0.05) is 19.6 Å². The Kier molecular flexibility index (Phi) is 5.00. The summed E-state index contributed by atoms with van der Waals surface area (Å²) in [6, 6.07) is 3.11.